The maximum atomic E-state index is 12.3. The molecule has 1 heterocycles. The first-order chi connectivity index (χ1) is 10.5. The van der Waals surface area contributed by atoms with Crippen molar-refractivity contribution in [3.05, 3.63) is 29.8 Å². The minimum Gasteiger partial charge on any atom is -0.342 e. The number of carbonyl (C=O) groups excluding carboxylic acids is 1. The quantitative estimate of drug-likeness (QED) is 0.831. The van der Waals surface area contributed by atoms with Crippen LogP contribution in [0.4, 0.5) is 0 Å². The first-order valence-corrected chi connectivity index (χ1v) is 8.38. The van der Waals surface area contributed by atoms with Crippen molar-refractivity contribution >= 4 is 17.7 Å². The van der Waals surface area contributed by atoms with Gasteiger partial charge in [0.05, 0.1) is 5.25 Å². The van der Waals surface area contributed by atoms with Crippen molar-refractivity contribution in [2.45, 2.75) is 38.1 Å². The Morgan fingerprint density at radius 2 is 1.91 bits per heavy atom. The van der Waals surface area contributed by atoms with Crippen molar-refractivity contribution < 1.29 is 4.79 Å². The predicted octanol–water partition coefficient (Wildman–Crippen LogP) is 3.13. The van der Waals surface area contributed by atoms with E-state index < -0.39 is 0 Å². The monoisotopic (exact) mass is 318 g/mol. The maximum absolute atomic E-state index is 12.3. The van der Waals surface area contributed by atoms with Crippen LogP contribution in [-0.4, -0.2) is 44.3 Å². The molecule has 1 N–H and O–H groups in total. The van der Waals surface area contributed by atoms with E-state index in [9.17, 15) is 4.79 Å². The fourth-order valence-corrected chi connectivity index (χ4v) is 2.95. The summed E-state index contributed by atoms with van der Waals surface area (Å²) in [7, 11) is 0. The third-order valence-corrected chi connectivity index (χ3v) is 4.44. The normalized spacial score (nSPS) is 12.2. The molecule has 0 spiro atoms. The molecule has 1 aromatic carbocycles. The van der Waals surface area contributed by atoms with Crippen LogP contribution in [0.15, 0.2) is 29.4 Å². The number of H-pyrrole nitrogens is 1. The standard InChI is InChI=1S/C16H22N4OS/c1-5-20(6-2)15(21)12(4)22-16-17-14(18-19-16)13-9-7-11(3)8-10-13/h7-10,12H,5-6H2,1-4H3,(H,17,18,19)/t12-/m1/s1. The lowest BCUT2D eigenvalue weighted by molar-refractivity contribution is -0.129. The van der Waals surface area contributed by atoms with E-state index in [-0.39, 0.29) is 11.2 Å². The number of hydrogen-bond donors (Lipinski definition) is 1. The molecule has 0 aliphatic rings. The smallest absolute Gasteiger partial charge is 0.235 e. The Morgan fingerprint density at radius 3 is 2.50 bits per heavy atom. The second kappa shape index (κ2) is 7.45. The summed E-state index contributed by atoms with van der Waals surface area (Å²) < 4.78 is 0. The number of hydrogen-bond acceptors (Lipinski definition) is 4. The lowest BCUT2D eigenvalue weighted by Gasteiger charge is -2.21. The number of aromatic amines is 1. The molecule has 1 aromatic heterocycles. The number of aromatic nitrogens is 3. The minimum atomic E-state index is -0.193. The van der Waals surface area contributed by atoms with Crippen molar-refractivity contribution in [2.24, 2.45) is 0 Å². The Balaban J connectivity index is 2.05. The summed E-state index contributed by atoms with van der Waals surface area (Å²) >= 11 is 1.38. The van der Waals surface area contributed by atoms with E-state index in [2.05, 4.69) is 15.2 Å². The van der Waals surface area contributed by atoms with Crippen LogP contribution in [0.2, 0.25) is 0 Å². The number of benzene rings is 1. The van der Waals surface area contributed by atoms with Crippen LogP contribution >= 0.6 is 11.8 Å². The first kappa shape index (κ1) is 16.5. The molecule has 0 unspecified atom stereocenters. The molecular formula is C16H22N4OS. The van der Waals surface area contributed by atoms with Crippen LogP contribution < -0.4 is 0 Å². The summed E-state index contributed by atoms with van der Waals surface area (Å²) in [6, 6.07) is 8.10. The number of nitrogens with one attached hydrogen (secondary N) is 1. The van der Waals surface area contributed by atoms with Crippen molar-refractivity contribution in [3.8, 4) is 11.4 Å². The van der Waals surface area contributed by atoms with Gasteiger partial charge < -0.3 is 4.90 Å². The lowest BCUT2D eigenvalue weighted by Crippen LogP contribution is -2.36. The maximum Gasteiger partial charge on any atom is 0.235 e. The number of carbonyl (C=O) groups is 1. The highest BCUT2D eigenvalue weighted by molar-refractivity contribution is 8.00. The Kier molecular flexibility index (Phi) is 5.60. The summed E-state index contributed by atoms with van der Waals surface area (Å²) in [4.78, 5) is 18.6. The van der Waals surface area contributed by atoms with Gasteiger partial charge in [0.15, 0.2) is 5.82 Å². The summed E-state index contributed by atoms with van der Waals surface area (Å²) in [6.07, 6.45) is 0. The largest absolute Gasteiger partial charge is 0.342 e. The molecule has 2 rings (SSSR count). The zero-order valence-corrected chi connectivity index (χ0v) is 14.3. The van der Waals surface area contributed by atoms with E-state index in [1.54, 1.807) is 0 Å². The van der Waals surface area contributed by atoms with E-state index in [0.29, 0.717) is 5.16 Å². The summed E-state index contributed by atoms with van der Waals surface area (Å²) in [5, 5.41) is 7.55. The third kappa shape index (κ3) is 3.88. The van der Waals surface area contributed by atoms with Crippen LogP contribution in [-0.2, 0) is 4.79 Å². The lowest BCUT2D eigenvalue weighted by atomic mass is 10.1. The van der Waals surface area contributed by atoms with Crippen molar-refractivity contribution in [1.82, 2.24) is 20.1 Å². The van der Waals surface area contributed by atoms with Gasteiger partial charge in [0, 0.05) is 18.7 Å². The fourth-order valence-electron chi connectivity index (χ4n) is 2.14. The van der Waals surface area contributed by atoms with Gasteiger partial charge in [-0.3, -0.25) is 9.89 Å². The van der Waals surface area contributed by atoms with Crippen molar-refractivity contribution in [3.63, 3.8) is 0 Å². The van der Waals surface area contributed by atoms with Gasteiger partial charge in [-0.15, -0.1) is 5.10 Å². The van der Waals surface area contributed by atoms with Gasteiger partial charge in [0.2, 0.25) is 11.1 Å². The number of nitrogens with zero attached hydrogens (tertiary/aromatic N) is 3. The van der Waals surface area contributed by atoms with E-state index in [1.807, 2.05) is 56.9 Å². The topological polar surface area (TPSA) is 61.9 Å². The van der Waals surface area contributed by atoms with Gasteiger partial charge >= 0.3 is 0 Å². The van der Waals surface area contributed by atoms with Gasteiger partial charge in [-0.05, 0) is 27.7 Å². The molecular weight excluding hydrogens is 296 g/mol. The van der Waals surface area contributed by atoms with Crippen LogP contribution in [0.25, 0.3) is 11.4 Å². The summed E-state index contributed by atoms with van der Waals surface area (Å²) in [6.45, 7) is 9.37. The molecule has 1 atom stereocenters. The van der Waals surface area contributed by atoms with E-state index in [1.165, 1.54) is 17.3 Å². The van der Waals surface area contributed by atoms with Gasteiger partial charge in [0.1, 0.15) is 0 Å². The van der Waals surface area contributed by atoms with Gasteiger partial charge in [-0.2, -0.15) is 0 Å². The minimum absolute atomic E-state index is 0.122. The average molecular weight is 318 g/mol. The molecule has 0 saturated heterocycles. The highest BCUT2D eigenvalue weighted by Gasteiger charge is 2.21. The Labute approximate surface area is 135 Å². The summed E-state index contributed by atoms with van der Waals surface area (Å²) in [5.74, 6) is 0.849. The zero-order valence-electron chi connectivity index (χ0n) is 13.5. The molecule has 1 amide bonds. The fraction of sp³-hybridized carbons (Fsp3) is 0.438. The van der Waals surface area contributed by atoms with Crippen molar-refractivity contribution in [2.75, 3.05) is 13.1 Å². The van der Waals surface area contributed by atoms with E-state index in [0.717, 1.165) is 24.5 Å². The highest BCUT2D eigenvalue weighted by Crippen LogP contribution is 2.23. The molecule has 0 aliphatic carbocycles. The van der Waals surface area contributed by atoms with Crippen molar-refractivity contribution in [1.29, 1.82) is 0 Å². The molecule has 2 aromatic rings. The van der Waals surface area contributed by atoms with Crippen LogP contribution in [0.3, 0.4) is 0 Å². The number of amides is 1. The number of rotatable bonds is 6. The second-order valence-corrected chi connectivity index (χ2v) is 6.41. The average Bonchev–Trinajstić information content (AvgIpc) is 2.97. The van der Waals surface area contributed by atoms with Crippen LogP contribution in [0.1, 0.15) is 26.3 Å². The number of aryl methyl sites for hydroxylation is 1. The SMILES string of the molecule is CCN(CC)C(=O)[C@@H](C)Sc1n[nH]c(-c2ccc(C)cc2)n1. The molecule has 0 fully saturated rings. The van der Waals surface area contributed by atoms with Gasteiger partial charge in [-0.1, -0.05) is 41.6 Å². The predicted molar refractivity (Wildman–Crippen MR) is 89.8 cm³/mol. The van der Waals surface area contributed by atoms with Gasteiger partial charge in [0.25, 0.3) is 0 Å². The molecule has 6 heteroatoms. The Morgan fingerprint density at radius 1 is 1.27 bits per heavy atom. The molecule has 0 aliphatic heterocycles. The van der Waals surface area contributed by atoms with E-state index in [4.69, 9.17) is 0 Å². The first-order valence-electron chi connectivity index (χ1n) is 7.50. The van der Waals surface area contributed by atoms with Crippen LogP contribution in [0.5, 0.6) is 0 Å². The van der Waals surface area contributed by atoms with Crippen LogP contribution in [0, 0.1) is 6.92 Å². The number of thioether (sulfide) groups is 1. The Bertz CT molecular complexity index is 619. The van der Waals surface area contributed by atoms with Gasteiger partial charge in [-0.25, -0.2) is 4.98 Å². The molecule has 0 saturated carbocycles. The summed E-state index contributed by atoms with van der Waals surface area (Å²) in [5.41, 5.74) is 2.20. The second-order valence-electron chi connectivity index (χ2n) is 5.10. The molecule has 0 radical (unpaired) electrons. The highest BCUT2D eigenvalue weighted by atomic mass is 32.2. The Hall–Kier alpha value is -1.82. The molecule has 22 heavy (non-hydrogen) atoms. The molecule has 118 valence electrons. The molecule has 5 nitrogen and oxygen atoms in total. The third-order valence-electron chi connectivity index (χ3n) is 3.49. The van der Waals surface area contributed by atoms with E-state index >= 15 is 0 Å². The zero-order chi connectivity index (χ0) is 16.1. The molecule has 0 bridgehead atoms.